The quantitative estimate of drug-likeness (QED) is 0.321. The van der Waals surface area contributed by atoms with Gasteiger partial charge in [-0.25, -0.2) is 9.50 Å². The zero-order valence-electron chi connectivity index (χ0n) is 24.2. The van der Waals surface area contributed by atoms with Gasteiger partial charge in [-0.05, 0) is 49.4 Å². The van der Waals surface area contributed by atoms with E-state index in [0.29, 0.717) is 40.4 Å². The summed E-state index contributed by atoms with van der Waals surface area (Å²) in [7, 11) is 4.60. The molecule has 5 rings (SSSR count). The highest BCUT2D eigenvalue weighted by molar-refractivity contribution is 6.00. The second-order valence-electron chi connectivity index (χ2n) is 10.1. The lowest BCUT2D eigenvalue weighted by molar-refractivity contribution is -0.143. The van der Waals surface area contributed by atoms with Crippen molar-refractivity contribution in [1.29, 1.82) is 0 Å². The molecule has 2 aromatic heterocycles. The van der Waals surface area contributed by atoms with Crippen molar-refractivity contribution in [3.63, 3.8) is 0 Å². The Morgan fingerprint density at radius 2 is 1.63 bits per heavy atom. The number of aliphatic hydroxyl groups is 1. The smallest absolute Gasteiger partial charge is 0.433 e. The molecule has 0 unspecified atom stereocenters. The number of carbonyl (C=O) groups is 1. The summed E-state index contributed by atoms with van der Waals surface area (Å²) in [5, 5.41) is 14.2. The van der Waals surface area contributed by atoms with E-state index in [9.17, 15) is 23.1 Å². The van der Waals surface area contributed by atoms with Gasteiger partial charge >= 0.3 is 6.18 Å². The molecule has 1 N–H and O–H groups in total. The third kappa shape index (κ3) is 5.69. The van der Waals surface area contributed by atoms with E-state index in [4.69, 9.17) is 14.2 Å². The predicted molar refractivity (Wildman–Crippen MR) is 152 cm³/mol. The summed E-state index contributed by atoms with van der Waals surface area (Å²) >= 11 is 0. The molecule has 10 nitrogen and oxygen atoms in total. The average Bonchev–Trinajstić information content (AvgIpc) is 3.43. The van der Waals surface area contributed by atoms with Gasteiger partial charge in [0.15, 0.2) is 11.3 Å². The Bertz CT molecular complexity index is 1620. The van der Waals surface area contributed by atoms with Crippen LogP contribution in [0.2, 0.25) is 0 Å². The highest BCUT2D eigenvalue weighted by atomic mass is 19.4. The highest BCUT2D eigenvalue weighted by Gasteiger charge is 2.39. The van der Waals surface area contributed by atoms with Crippen molar-refractivity contribution in [1.82, 2.24) is 24.4 Å². The number of hydrogen-bond donors (Lipinski definition) is 1. The minimum absolute atomic E-state index is 0.0260. The number of alkyl halides is 3. The molecule has 1 atom stereocenters. The standard InChI is InChI=1S/C30H32F3N5O5/c1-18-26(19-5-7-20(41-2)8-6-19)35-28-23(16-34-38(28)27(18)30(31,32)33)29(40)37-13-11-36(12-14-37)24(17-39)22-15-21(42-3)9-10-25(22)43-4/h5-10,15-16,24,39H,11-14,17H2,1-4H3/t24-/m0/s1. The lowest BCUT2D eigenvalue weighted by Crippen LogP contribution is -2.50. The summed E-state index contributed by atoms with van der Waals surface area (Å²) < 4.78 is 59.6. The molecule has 2 aromatic carbocycles. The first kappa shape index (κ1) is 30.1. The van der Waals surface area contributed by atoms with Crippen molar-refractivity contribution < 1.29 is 37.3 Å². The summed E-state index contributed by atoms with van der Waals surface area (Å²) in [6.45, 7) is 2.53. The summed E-state index contributed by atoms with van der Waals surface area (Å²) in [4.78, 5) is 21.8. The van der Waals surface area contributed by atoms with E-state index in [-0.39, 0.29) is 42.2 Å². The molecule has 4 aromatic rings. The number of aliphatic hydroxyl groups excluding tert-OH is 1. The van der Waals surface area contributed by atoms with Crippen molar-refractivity contribution in [2.24, 2.45) is 0 Å². The Morgan fingerprint density at radius 3 is 2.21 bits per heavy atom. The van der Waals surface area contributed by atoms with Gasteiger partial charge < -0.3 is 24.2 Å². The van der Waals surface area contributed by atoms with E-state index in [0.717, 1.165) is 11.8 Å². The number of benzene rings is 2. The third-order valence-corrected chi connectivity index (χ3v) is 7.76. The maximum Gasteiger partial charge on any atom is 0.433 e. The minimum Gasteiger partial charge on any atom is -0.497 e. The molecule has 0 aliphatic carbocycles. The number of nitrogens with zero attached hydrogens (tertiary/aromatic N) is 5. The van der Waals surface area contributed by atoms with Crippen molar-refractivity contribution in [3.8, 4) is 28.5 Å². The first-order valence-corrected chi connectivity index (χ1v) is 13.6. The predicted octanol–water partition coefficient (Wildman–Crippen LogP) is 4.24. The van der Waals surface area contributed by atoms with Gasteiger partial charge in [-0.15, -0.1) is 0 Å². The fourth-order valence-corrected chi connectivity index (χ4v) is 5.50. The third-order valence-electron chi connectivity index (χ3n) is 7.76. The first-order valence-electron chi connectivity index (χ1n) is 13.6. The van der Waals surface area contributed by atoms with Gasteiger partial charge in [0.2, 0.25) is 0 Å². The molecule has 13 heteroatoms. The van der Waals surface area contributed by atoms with Crippen LogP contribution in [0.25, 0.3) is 16.9 Å². The molecule has 1 amide bonds. The van der Waals surface area contributed by atoms with Gasteiger partial charge in [0.25, 0.3) is 5.91 Å². The molecule has 0 bridgehead atoms. The van der Waals surface area contributed by atoms with E-state index in [1.165, 1.54) is 14.0 Å². The number of aromatic nitrogens is 3. The van der Waals surface area contributed by atoms with Gasteiger partial charge in [-0.3, -0.25) is 9.69 Å². The number of rotatable bonds is 8. The molecule has 0 saturated carbocycles. The van der Waals surface area contributed by atoms with Gasteiger partial charge in [-0.1, -0.05) is 0 Å². The molecule has 1 fully saturated rings. The number of methoxy groups -OCH3 is 3. The fourth-order valence-electron chi connectivity index (χ4n) is 5.50. The molecule has 1 aliphatic heterocycles. The lowest BCUT2D eigenvalue weighted by atomic mass is 10.0. The number of piperazine rings is 1. The molecule has 0 spiro atoms. The molecule has 3 heterocycles. The summed E-state index contributed by atoms with van der Waals surface area (Å²) in [5.41, 5.74) is -0.0130. The second kappa shape index (κ2) is 12.1. The van der Waals surface area contributed by atoms with Crippen LogP contribution in [0.1, 0.15) is 33.2 Å². The maximum absolute atomic E-state index is 14.3. The Balaban J connectivity index is 1.44. The molecule has 0 radical (unpaired) electrons. The molecule has 43 heavy (non-hydrogen) atoms. The van der Waals surface area contributed by atoms with Gasteiger partial charge in [0.1, 0.15) is 22.8 Å². The Hall–Kier alpha value is -4.36. The lowest BCUT2D eigenvalue weighted by Gasteiger charge is -2.39. The Labute approximate surface area is 246 Å². The largest absolute Gasteiger partial charge is 0.497 e. The zero-order chi connectivity index (χ0) is 30.9. The van der Waals surface area contributed by atoms with Crippen LogP contribution in [-0.2, 0) is 6.18 Å². The number of carbonyl (C=O) groups excluding carboxylic acids is 1. The number of fused-ring (bicyclic) bond motifs is 1. The van der Waals surface area contributed by atoms with Crippen LogP contribution in [0.5, 0.6) is 17.2 Å². The SMILES string of the molecule is COc1ccc(-c2nc3c(C(=O)N4CCN([C@@H](CO)c5cc(OC)ccc5OC)CC4)cnn3c(C(F)(F)F)c2C)cc1. The number of hydrogen-bond acceptors (Lipinski definition) is 8. The zero-order valence-corrected chi connectivity index (χ0v) is 24.2. The molecule has 1 aliphatic rings. The minimum atomic E-state index is -4.75. The van der Waals surface area contributed by atoms with Gasteiger partial charge in [0, 0.05) is 42.9 Å². The van der Waals surface area contributed by atoms with E-state index < -0.39 is 23.8 Å². The Morgan fingerprint density at radius 1 is 0.977 bits per heavy atom. The topological polar surface area (TPSA) is 102 Å². The van der Waals surface area contributed by atoms with Crippen LogP contribution in [0, 0.1) is 6.92 Å². The Kier molecular flexibility index (Phi) is 8.47. The van der Waals surface area contributed by atoms with Crippen LogP contribution in [0.15, 0.2) is 48.7 Å². The van der Waals surface area contributed by atoms with Crippen molar-refractivity contribution in [2.45, 2.75) is 19.1 Å². The summed E-state index contributed by atoms with van der Waals surface area (Å²) in [5.74, 6) is 1.29. The van der Waals surface area contributed by atoms with E-state index in [1.807, 2.05) is 11.0 Å². The maximum atomic E-state index is 14.3. The monoisotopic (exact) mass is 599 g/mol. The number of ether oxygens (including phenoxy) is 3. The van der Waals surface area contributed by atoms with Crippen molar-refractivity contribution in [3.05, 3.63) is 71.0 Å². The van der Waals surface area contributed by atoms with E-state index in [2.05, 4.69) is 10.1 Å². The fraction of sp³-hybridized carbons (Fsp3) is 0.367. The van der Waals surface area contributed by atoms with Crippen LogP contribution < -0.4 is 14.2 Å². The van der Waals surface area contributed by atoms with Crippen LogP contribution in [-0.4, -0.2) is 89.5 Å². The molecule has 228 valence electrons. The first-order chi connectivity index (χ1) is 20.6. The van der Waals surface area contributed by atoms with E-state index in [1.54, 1.807) is 55.5 Å². The number of halogens is 3. The van der Waals surface area contributed by atoms with E-state index >= 15 is 0 Å². The molecular formula is C30H32F3N5O5. The van der Waals surface area contributed by atoms with Gasteiger partial charge in [-0.2, -0.15) is 18.3 Å². The number of amides is 1. The van der Waals surface area contributed by atoms with Gasteiger partial charge in [0.05, 0.1) is 45.9 Å². The van der Waals surface area contributed by atoms with Crippen molar-refractivity contribution in [2.75, 3.05) is 54.1 Å². The summed E-state index contributed by atoms with van der Waals surface area (Å²) in [6, 6.07) is 11.4. The van der Waals surface area contributed by atoms with Crippen LogP contribution in [0.3, 0.4) is 0 Å². The van der Waals surface area contributed by atoms with Crippen LogP contribution in [0.4, 0.5) is 13.2 Å². The molecule has 1 saturated heterocycles. The normalized spacial score (nSPS) is 15.0. The second-order valence-corrected chi connectivity index (χ2v) is 10.1. The van der Waals surface area contributed by atoms with Crippen LogP contribution >= 0.6 is 0 Å². The van der Waals surface area contributed by atoms with Crippen molar-refractivity contribution >= 4 is 11.6 Å². The highest BCUT2D eigenvalue weighted by Crippen LogP contribution is 2.37. The average molecular weight is 600 g/mol. The molecular weight excluding hydrogens is 567 g/mol. The summed E-state index contributed by atoms with van der Waals surface area (Å²) in [6.07, 6.45) is -3.61.